The van der Waals surface area contributed by atoms with E-state index in [-0.39, 0.29) is 0 Å². The van der Waals surface area contributed by atoms with E-state index in [0.717, 1.165) is 38.9 Å². The van der Waals surface area contributed by atoms with Crippen LogP contribution in [0.1, 0.15) is 11.1 Å². The largest absolute Gasteiger partial charge is 0.393 e. The molecule has 0 radical (unpaired) electrons. The predicted molar refractivity (Wildman–Crippen MR) is 91.6 cm³/mol. The summed E-state index contributed by atoms with van der Waals surface area (Å²) in [5.74, 6) is 0. The molecule has 4 rings (SSSR count). The Labute approximate surface area is 137 Å². The smallest absolute Gasteiger partial charge is 0.129 e. The standard InChI is InChI=1S/C17H12ClN5/c1-20-6-11-10-8-22-13-2-3-14(18)23-17(13)15(10)9-4-5-21-7-12(9)16(11)19/h2-8,19-20H,1H3/b11-6-,19-16?. The Hall–Kier alpha value is -2.79. The van der Waals surface area contributed by atoms with E-state index in [2.05, 4.69) is 20.3 Å². The van der Waals surface area contributed by atoms with Gasteiger partial charge in [0.05, 0.1) is 16.7 Å². The van der Waals surface area contributed by atoms with Crippen LogP contribution in [0, 0.1) is 5.41 Å². The maximum atomic E-state index is 8.49. The van der Waals surface area contributed by atoms with E-state index < -0.39 is 0 Å². The van der Waals surface area contributed by atoms with Crippen molar-refractivity contribution in [2.24, 2.45) is 0 Å². The number of hydrogen-bond acceptors (Lipinski definition) is 5. The number of allylic oxidation sites excluding steroid dienone is 1. The fraction of sp³-hybridized carbons (Fsp3) is 0.0588. The van der Waals surface area contributed by atoms with E-state index in [0.29, 0.717) is 10.9 Å². The third-order valence-corrected chi connectivity index (χ3v) is 4.10. The number of aromatic nitrogens is 3. The number of nitrogens with zero attached hydrogens (tertiary/aromatic N) is 3. The maximum Gasteiger partial charge on any atom is 0.129 e. The molecule has 0 aliphatic heterocycles. The molecule has 6 heteroatoms. The molecule has 0 aromatic carbocycles. The van der Waals surface area contributed by atoms with Crippen molar-refractivity contribution in [3.8, 4) is 11.1 Å². The molecule has 0 bridgehead atoms. The monoisotopic (exact) mass is 321 g/mol. The minimum absolute atomic E-state index is 0.415. The average molecular weight is 322 g/mol. The predicted octanol–water partition coefficient (Wildman–Crippen LogP) is 3.29. The second-order valence-corrected chi connectivity index (χ2v) is 5.58. The van der Waals surface area contributed by atoms with Gasteiger partial charge in [-0.1, -0.05) is 11.6 Å². The van der Waals surface area contributed by atoms with E-state index in [4.69, 9.17) is 17.0 Å². The van der Waals surface area contributed by atoms with Crippen LogP contribution in [0.25, 0.3) is 27.7 Å². The summed E-state index contributed by atoms with van der Waals surface area (Å²) in [5.41, 5.74) is 6.19. The summed E-state index contributed by atoms with van der Waals surface area (Å²) in [5, 5.41) is 11.9. The molecule has 0 fully saturated rings. The highest BCUT2D eigenvalue weighted by molar-refractivity contribution is 6.36. The summed E-state index contributed by atoms with van der Waals surface area (Å²) in [4.78, 5) is 13.1. The van der Waals surface area contributed by atoms with Gasteiger partial charge in [-0.15, -0.1) is 0 Å². The molecule has 1 aliphatic carbocycles. The van der Waals surface area contributed by atoms with Crippen molar-refractivity contribution < 1.29 is 0 Å². The van der Waals surface area contributed by atoms with Crippen LogP contribution in [0.5, 0.6) is 0 Å². The summed E-state index contributed by atoms with van der Waals surface area (Å²) >= 11 is 6.09. The number of rotatable bonds is 1. The number of fused-ring (bicyclic) bond motifs is 5. The Morgan fingerprint density at radius 1 is 1.13 bits per heavy atom. The number of hydrogen-bond donors (Lipinski definition) is 2. The van der Waals surface area contributed by atoms with Crippen molar-refractivity contribution in [3.05, 3.63) is 59.3 Å². The second kappa shape index (κ2) is 5.14. The highest BCUT2D eigenvalue weighted by atomic mass is 35.5. The maximum absolute atomic E-state index is 8.49. The van der Waals surface area contributed by atoms with E-state index in [9.17, 15) is 0 Å². The van der Waals surface area contributed by atoms with Gasteiger partial charge >= 0.3 is 0 Å². The van der Waals surface area contributed by atoms with Crippen molar-refractivity contribution in [3.63, 3.8) is 0 Å². The number of nitrogens with one attached hydrogen (secondary N) is 2. The highest BCUT2D eigenvalue weighted by Crippen LogP contribution is 2.41. The zero-order chi connectivity index (χ0) is 16.0. The van der Waals surface area contributed by atoms with Crippen molar-refractivity contribution in [1.82, 2.24) is 20.3 Å². The lowest BCUT2D eigenvalue weighted by molar-refractivity contribution is 1.11. The van der Waals surface area contributed by atoms with Gasteiger partial charge in [0.1, 0.15) is 5.15 Å². The second-order valence-electron chi connectivity index (χ2n) is 5.19. The molecular formula is C17H12ClN5. The highest BCUT2D eigenvalue weighted by Gasteiger charge is 2.27. The third kappa shape index (κ3) is 2.01. The molecule has 3 aromatic rings. The summed E-state index contributed by atoms with van der Waals surface area (Å²) in [6.45, 7) is 0. The SMILES string of the molecule is CN/C=C1\C(=N)c2cnccc2-c2c1cnc1ccc(Cl)nc21. The van der Waals surface area contributed by atoms with Crippen LogP contribution in [0.4, 0.5) is 0 Å². The van der Waals surface area contributed by atoms with Gasteiger partial charge in [0.25, 0.3) is 0 Å². The van der Waals surface area contributed by atoms with Gasteiger partial charge in [-0.3, -0.25) is 15.4 Å². The molecule has 3 aromatic heterocycles. The first-order chi connectivity index (χ1) is 11.2. The third-order valence-electron chi connectivity index (χ3n) is 3.89. The van der Waals surface area contributed by atoms with Gasteiger partial charge < -0.3 is 5.32 Å². The summed E-state index contributed by atoms with van der Waals surface area (Å²) < 4.78 is 0. The molecule has 23 heavy (non-hydrogen) atoms. The number of pyridine rings is 3. The van der Waals surface area contributed by atoms with Gasteiger partial charge in [-0.2, -0.15) is 0 Å². The minimum atomic E-state index is 0.415. The Morgan fingerprint density at radius 3 is 2.83 bits per heavy atom. The molecule has 5 nitrogen and oxygen atoms in total. The summed E-state index contributed by atoms with van der Waals surface area (Å²) in [6.07, 6.45) is 7.02. The molecule has 0 atom stereocenters. The molecule has 0 saturated carbocycles. The fourth-order valence-corrected chi connectivity index (χ4v) is 3.05. The summed E-state index contributed by atoms with van der Waals surface area (Å²) in [6, 6.07) is 5.49. The van der Waals surface area contributed by atoms with Crippen molar-refractivity contribution in [2.45, 2.75) is 0 Å². The van der Waals surface area contributed by atoms with Crippen LogP contribution in [0.3, 0.4) is 0 Å². The Balaban J connectivity index is 2.19. The molecule has 1 aliphatic rings. The van der Waals surface area contributed by atoms with Crippen LogP contribution >= 0.6 is 11.6 Å². The quantitative estimate of drug-likeness (QED) is 0.674. The van der Waals surface area contributed by atoms with Crippen molar-refractivity contribution in [1.29, 1.82) is 5.41 Å². The van der Waals surface area contributed by atoms with E-state index in [1.807, 2.05) is 19.2 Å². The lowest BCUT2D eigenvalue weighted by atomic mass is 9.82. The van der Waals surface area contributed by atoms with E-state index in [1.165, 1.54) is 0 Å². The van der Waals surface area contributed by atoms with Crippen molar-refractivity contribution >= 4 is 33.9 Å². The first kappa shape index (κ1) is 13.8. The van der Waals surface area contributed by atoms with Crippen molar-refractivity contribution in [2.75, 3.05) is 7.05 Å². The first-order valence-electron chi connectivity index (χ1n) is 7.07. The fourth-order valence-electron chi connectivity index (χ4n) is 2.90. The zero-order valence-electron chi connectivity index (χ0n) is 12.3. The van der Waals surface area contributed by atoms with Crippen LogP contribution in [0.2, 0.25) is 5.15 Å². The van der Waals surface area contributed by atoms with Gasteiger partial charge in [-0.05, 0) is 23.8 Å². The Bertz CT molecular complexity index is 993. The summed E-state index contributed by atoms with van der Waals surface area (Å²) in [7, 11) is 1.81. The van der Waals surface area contributed by atoms with E-state index in [1.54, 1.807) is 30.9 Å². The normalized spacial score (nSPS) is 14.7. The van der Waals surface area contributed by atoms with Crippen LogP contribution in [-0.4, -0.2) is 27.7 Å². The molecule has 3 heterocycles. The topological polar surface area (TPSA) is 74.6 Å². The van der Waals surface area contributed by atoms with Crippen LogP contribution in [-0.2, 0) is 0 Å². The van der Waals surface area contributed by atoms with Gasteiger partial charge in [0, 0.05) is 54.1 Å². The molecule has 112 valence electrons. The van der Waals surface area contributed by atoms with E-state index >= 15 is 0 Å². The zero-order valence-corrected chi connectivity index (χ0v) is 13.0. The minimum Gasteiger partial charge on any atom is -0.393 e. The molecule has 0 amide bonds. The Kier molecular flexibility index (Phi) is 3.09. The van der Waals surface area contributed by atoms with Crippen LogP contribution in [0.15, 0.2) is 43.0 Å². The lowest BCUT2D eigenvalue weighted by Gasteiger charge is -2.23. The molecule has 2 N–H and O–H groups in total. The van der Waals surface area contributed by atoms with Gasteiger partial charge in [-0.25, -0.2) is 4.98 Å². The van der Waals surface area contributed by atoms with Crippen LogP contribution < -0.4 is 5.32 Å². The molecule has 0 spiro atoms. The van der Waals surface area contributed by atoms with Gasteiger partial charge in [0.15, 0.2) is 0 Å². The lowest BCUT2D eigenvalue weighted by Crippen LogP contribution is -2.15. The van der Waals surface area contributed by atoms with Gasteiger partial charge in [0.2, 0.25) is 0 Å². The molecule has 0 saturated heterocycles. The Morgan fingerprint density at radius 2 is 2.00 bits per heavy atom. The number of halogens is 1. The molecular weight excluding hydrogens is 310 g/mol. The average Bonchev–Trinajstić information content (AvgIpc) is 2.57. The first-order valence-corrected chi connectivity index (χ1v) is 7.45. The molecule has 0 unspecified atom stereocenters.